The third-order valence-electron chi connectivity index (χ3n) is 5.96. The average Bonchev–Trinajstić information content (AvgIpc) is 3.49. The number of carbonyl (C=O) groups is 1. The quantitative estimate of drug-likeness (QED) is 0.682. The van der Waals surface area contributed by atoms with E-state index in [4.69, 9.17) is 11.6 Å². The number of hydrogen-bond donors (Lipinski definition) is 1. The molecule has 166 valence electrons. The SMILES string of the molecule is O=C(NCCc1ccc(Cl)cc1)c1ccc(N2CCCC2)c(S(=O)(=O)N2CCCC2)c1. The van der Waals surface area contributed by atoms with Crippen LogP contribution in [0.5, 0.6) is 0 Å². The van der Waals surface area contributed by atoms with Gasteiger partial charge in [0, 0.05) is 43.3 Å². The number of amides is 1. The summed E-state index contributed by atoms with van der Waals surface area (Å²) in [5.41, 5.74) is 2.16. The molecule has 0 unspecified atom stereocenters. The Balaban J connectivity index is 1.53. The third-order valence-corrected chi connectivity index (χ3v) is 8.14. The fourth-order valence-corrected chi connectivity index (χ4v) is 6.10. The zero-order chi connectivity index (χ0) is 21.8. The molecule has 8 heteroatoms. The maximum atomic E-state index is 13.4. The Bertz CT molecular complexity index is 1030. The molecule has 31 heavy (non-hydrogen) atoms. The van der Waals surface area contributed by atoms with Gasteiger partial charge < -0.3 is 10.2 Å². The zero-order valence-electron chi connectivity index (χ0n) is 17.5. The van der Waals surface area contributed by atoms with Gasteiger partial charge in [0.25, 0.3) is 5.91 Å². The molecule has 2 aromatic carbocycles. The van der Waals surface area contributed by atoms with Crippen LogP contribution in [0.1, 0.15) is 41.6 Å². The van der Waals surface area contributed by atoms with Gasteiger partial charge in [-0.15, -0.1) is 0 Å². The van der Waals surface area contributed by atoms with Crippen molar-refractivity contribution in [2.45, 2.75) is 37.0 Å². The summed E-state index contributed by atoms with van der Waals surface area (Å²) in [4.78, 5) is 15.1. The second-order valence-corrected chi connectivity index (χ2v) is 10.5. The van der Waals surface area contributed by atoms with Gasteiger partial charge in [-0.25, -0.2) is 8.42 Å². The largest absolute Gasteiger partial charge is 0.370 e. The molecule has 2 heterocycles. The van der Waals surface area contributed by atoms with E-state index in [0.29, 0.717) is 42.3 Å². The summed E-state index contributed by atoms with van der Waals surface area (Å²) in [6, 6.07) is 12.6. The van der Waals surface area contributed by atoms with E-state index in [-0.39, 0.29) is 10.8 Å². The first kappa shape index (κ1) is 22.1. The Morgan fingerprint density at radius 1 is 0.935 bits per heavy atom. The molecule has 0 atom stereocenters. The number of carbonyl (C=O) groups excluding carboxylic acids is 1. The van der Waals surface area contributed by atoms with Crippen molar-refractivity contribution in [1.82, 2.24) is 9.62 Å². The van der Waals surface area contributed by atoms with Crippen LogP contribution in [0.2, 0.25) is 5.02 Å². The maximum absolute atomic E-state index is 13.4. The molecule has 0 spiro atoms. The van der Waals surface area contributed by atoms with E-state index < -0.39 is 10.0 Å². The van der Waals surface area contributed by atoms with Crippen molar-refractivity contribution in [3.8, 4) is 0 Å². The highest BCUT2D eigenvalue weighted by atomic mass is 35.5. The minimum atomic E-state index is -3.63. The molecule has 2 aliphatic rings. The van der Waals surface area contributed by atoms with E-state index in [1.54, 1.807) is 22.5 Å². The van der Waals surface area contributed by atoms with Crippen LogP contribution in [0.4, 0.5) is 5.69 Å². The number of sulfonamides is 1. The van der Waals surface area contributed by atoms with Crippen molar-refractivity contribution in [3.05, 3.63) is 58.6 Å². The van der Waals surface area contributed by atoms with Crippen LogP contribution >= 0.6 is 11.6 Å². The number of anilines is 1. The van der Waals surface area contributed by atoms with Crippen LogP contribution in [-0.2, 0) is 16.4 Å². The fourth-order valence-electron chi connectivity index (χ4n) is 4.22. The maximum Gasteiger partial charge on any atom is 0.251 e. The van der Waals surface area contributed by atoms with Crippen LogP contribution in [0, 0.1) is 0 Å². The molecule has 1 amide bonds. The van der Waals surface area contributed by atoms with Crippen LogP contribution in [0.25, 0.3) is 0 Å². The molecule has 2 aromatic rings. The molecule has 0 aromatic heterocycles. The molecule has 0 radical (unpaired) electrons. The van der Waals surface area contributed by atoms with Crippen LogP contribution in [0.15, 0.2) is 47.4 Å². The van der Waals surface area contributed by atoms with Crippen LogP contribution in [-0.4, -0.2) is 51.4 Å². The van der Waals surface area contributed by atoms with Crippen molar-refractivity contribution < 1.29 is 13.2 Å². The highest BCUT2D eigenvalue weighted by Crippen LogP contribution is 2.32. The topological polar surface area (TPSA) is 69.7 Å². The van der Waals surface area contributed by atoms with E-state index in [0.717, 1.165) is 44.3 Å². The van der Waals surface area contributed by atoms with Gasteiger partial charge >= 0.3 is 0 Å². The first-order valence-corrected chi connectivity index (χ1v) is 12.7. The van der Waals surface area contributed by atoms with Gasteiger partial charge in [0.1, 0.15) is 4.90 Å². The summed E-state index contributed by atoms with van der Waals surface area (Å²) >= 11 is 5.91. The summed E-state index contributed by atoms with van der Waals surface area (Å²) in [6.07, 6.45) is 4.53. The summed E-state index contributed by atoms with van der Waals surface area (Å²) in [7, 11) is -3.63. The molecule has 4 rings (SSSR count). The van der Waals surface area contributed by atoms with Crippen LogP contribution < -0.4 is 10.2 Å². The normalized spacial score (nSPS) is 17.3. The lowest BCUT2D eigenvalue weighted by molar-refractivity contribution is 0.0954. The second kappa shape index (κ2) is 9.59. The molecule has 2 saturated heterocycles. The molecule has 2 fully saturated rings. The number of halogens is 1. The van der Waals surface area contributed by atoms with Gasteiger partial charge in [0.2, 0.25) is 10.0 Å². The summed E-state index contributed by atoms with van der Waals surface area (Å²) < 4.78 is 28.3. The van der Waals surface area contributed by atoms with Gasteiger partial charge in [-0.3, -0.25) is 4.79 Å². The van der Waals surface area contributed by atoms with E-state index in [1.165, 1.54) is 0 Å². The Kier molecular flexibility index (Phi) is 6.84. The minimum Gasteiger partial charge on any atom is -0.370 e. The lowest BCUT2D eigenvalue weighted by Gasteiger charge is -2.24. The van der Waals surface area contributed by atoms with E-state index in [9.17, 15) is 13.2 Å². The van der Waals surface area contributed by atoms with Crippen LogP contribution in [0.3, 0.4) is 0 Å². The van der Waals surface area contributed by atoms with Crippen molar-refractivity contribution in [1.29, 1.82) is 0 Å². The van der Waals surface area contributed by atoms with Gasteiger partial charge in [0.05, 0.1) is 5.69 Å². The predicted molar refractivity (Wildman–Crippen MR) is 123 cm³/mol. The van der Waals surface area contributed by atoms with E-state index in [1.807, 2.05) is 24.3 Å². The Morgan fingerprint density at radius 2 is 1.58 bits per heavy atom. The molecule has 1 N–H and O–H groups in total. The summed E-state index contributed by atoms with van der Waals surface area (Å²) in [5.74, 6) is -0.264. The predicted octanol–water partition coefficient (Wildman–Crippen LogP) is 3.70. The fraction of sp³-hybridized carbons (Fsp3) is 0.435. The number of nitrogens with zero attached hydrogens (tertiary/aromatic N) is 2. The molecule has 2 aliphatic heterocycles. The highest BCUT2D eigenvalue weighted by Gasteiger charge is 2.32. The Labute approximate surface area is 189 Å². The van der Waals surface area contributed by atoms with Gasteiger partial charge in [0.15, 0.2) is 0 Å². The standard InChI is InChI=1S/C23H28ClN3O3S/c24-20-8-5-18(6-9-20)11-12-25-23(28)19-7-10-21(26-13-1-2-14-26)22(17-19)31(29,30)27-15-3-4-16-27/h5-10,17H,1-4,11-16H2,(H,25,28). The third kappa shape index (κ3) is 5.05. The summed E-state index contributed by atoms with van der Waals surface area (Å²) in [5, 5.41) is 3.58. The molecular weight excluding hydrogens is 434 g/mol. The molecular formula is C23H28ClN3O3S. The minimum absolute atomic E-state index is 0.252. The van der Waals surface area contributed by atoms with Crippen molar-refractivity contribution >= 4 is 33.2 Å². The molecule has 0 saturated carbocycles. The Hall–Kier alpha value is -2.09. The monoisotopic (exact) mass is 461 g/mol. The number of benzene rings is 2. The molecule has 0 aliphatic carbocycles. The van der Waals surface area contributed by atoms with Crippen molar-refractivity contribution in [3.63, 3.8) is 0 Å². The number of hydrogen-bond acceptors (Lipinski definition) is 4. The highest BCUT2D eigenvalue weighted by molar-refractivity contribution is 7.89. The van der Waals surface area contributed by atoms with Crippen molar-refractivity contribution in [2.75, 3.05) is 37.6 Å². The molecule has 6 nitrogen and oxygen atoms in total. The number of nitrogens with one attached hydrogen (secondary N) is 1. The first-order valence-electron chi connectivity index (χ1n) is 10.9. The first-order chi connectivity index (χ1) is 14.9. The lowest BCUT2D eigenvalue weighted by atomic mass is 10.1. The van der Waals surface area contributed by atoms with Gasteiger partial charge in [-0.2, -0.15) is 4.31 Å². The van der Waals surface area contributed by atoms with E-state index >= 15 is 0 Å². The van der Waals surface area contributed by atoms with Crippen molar-refractivity contribution in [2.24, 2.45) is 0 Å². The summed E-state index contributed by atoms with van der Waals surface area (Å²) in [6.45, 7) is 3.23. The smallest absolute Gasteiger partial charge is 0.251 e. The second-order valence-electron chi connectivity index (χ2n) is 8.12. The zero-order valence-corrected chi connectivity index (χ0v) is 19.1. The average molecular weight is 462 g/mol. The molecule has 0 bridgehead atoms. The van der Waals surface area contributed by atoms with E-state index in [2.05, 4.69) is 10.2 Å². The van der Waals surface area contributed by atoms with Gasteiger partial charge in [-0.05, 0) is 68.0 Å². The van der Waals surface area contributed by atoms with Gasteiger partial charge in [-0.1, -0.05) is 23.7 Å². The Morgan fingerprint density at radius 3 is 2.26 bits per heavy atom. The lowest BCUT2D eigenvalue weighted by Crippen LogP contribution is -2.31. The number of rotatable bonds is 7.